The molecule has 1 aliphatic heterocycles. The Morgan fingerprint density at radius 2 is 2.10 bits per heavy atom. The van der Waals surface area contributed by atoms with Crippen LogP contribution >= 0.6 is 11.8 Å². The van der Waals surface area contributed by atoms with Crippen LogP contribution in [0.4, 0.5) is 0 Å². The number of amides is 1. The number of fused-ring (bicyclic) bond motifs is 1. The van der Waals surface area contributed by atoms with E-state index in [1.54, 1.807) is 18.2 Å². The number of hydrogen-bond acceptors (Lipinski definition) is 5. The Hall–Kier alpha value is -1.89. The summed E-state index contributed by atoms with van der Waals surface area (Å²) in [6.07, 6.45) is 0. The zero-order chi connectivity index (χ0) is 14.4. The molecule has 20 heavy (non-hydrogen) atoms. The number of carbonyl (C=O) groups is 2. The maximum atomic E-state index is 12.0. The summed E-state index contributed by atoms with van der Waals surface area (Å²) < 4.78 is 10.9. The Bertz CT molecular complexity index is 506. The summed E-state index contributed by atoms with van der Waals surface area (Å²) in [6, 6.07) is 5.17. The first-order valence-corrected chi connectivity index (χ1v) is 7.30. The number of aliphatic carboxylic acids is 1. The number of nitrogens with one attached hydrogen (secondary N) is 1. The first-order valence-electron chi connectivity index (χ1n) is 6.15. The molecule has 1 aliphatic rings. The highest BCUT2D eigenvalue weighted by molar-refractivity contribution is 7.99. The van der Waals surface area contributed by atoms with Gasteiger partial charge in [-0.2, -0.15) is 0 Å². The topological polar surface area (TPSA) is 84.9 Å². The highest BCUT2D eigenvalue weighted by Gasteiger charge is 2.19. The van der Waals surface area contributed by atoms with Crippen LogP contribution in [0.15, 0.2) is 18.2 Å². The van der Waals surface area contributed by atoms with Gasteiger partial charge in [-0.3, -0.25) is 9.59 Å². The van der Waals surface area contributed by atoms with E-state index < -0.39 is 5.97 Å². The molecule has 1 aromatic rings. The first-order chi connectivity index (χ1) is 9.68. The molecule has 2 rings (SSSR count). The van der Waals surface area contributed by atoms with Crippen molar-refractivity contribution in [1.82, 2.24) is 5.32 Å². The second kappa shape index (κ2) is 7.04. The molecule has 0 fully saturated rings. The molecule has 0 bridgehead atoms. The average molecular weight is 297 g/mol. The number of ether oxygens (including phenoxy) is 2. The average Bonchev–Trinajstić information content (AvgIpc) is 2.45. The predicted octanol–water partition coefficient (Wildman–Crippen LogP) is 1.01. The lowest BCUT2D eigenvalue weighted by molar-refractivity contribution is -0.133. The van der Waals surface area contributed by atoms with Gasteiger partial charge in [0.15, 0.2) is 11.5 Å². The minimum absolute atomic E-state index is 0.0353. The van der Waals surface area contributed by atoms with Crippen molar-refractivity contribution in [1.29, 1.82) is 0 Å². The highest BCUT2D eigenvalue weighted by Crippen LogP contribution is 2.33. The van der Waals surface area contributed by atoms with E-state index in [2.05, 4.69) is 5.32 Å². The number of thioether (sulfide) groups is 1. The molecule has 0 aliphatic carbocycles. The van der Waals surface area contributed by atoms with Crippen molar-refractivity contribution in [3.05, 3.63) is 23.8 Å². The van der Waals surface area contributed by atoms with Crippen LogP contribution < -0.4 is 14.8 Å². The minimum Gasteiger partial charge on any atom is -0.486 e. The van der Waals surface area contributed by atoms with Gasteiger partial charge >= 0.3 is 5.97 Å². The normalized spacial score (nSPS) is 12.8. The van der Waals surface area contributed by atoms with Gasteiger partial charge in [-0.25, -0.2) is 0 Å². The largest absolute Gasteiger partial charge is 0.486 e. The van der Waals surface area contributed by atoms with Crippen molar-refractivity contribution < 1.29 is 24.2 Å². The van der Waals surface area contributed by atoms with Gasteiger partial charge in [0.25, 0.3) is 5.91 Å². The summed E-state index contributed by atoms with van der Waals surface area (Å²) in [7, 11) is 0. The Balaban J connectivity index is 1.88. The molecule has 0 aromatic heterocycles. The molecule has 0 spiro atoms. The van der Waals surface area contributed by atoms with Crippen LogP contribution in [0.3, 0.4) is 0 Å². The molecule has 0 unspecified atom stereocenters. The van der Waals surface area contributed by atoms with Crippen LogP contribution in [0.2, 0.25) is 0 Å². The Kier molecular flexibility index (Phi) is 5.11. The molecule has 7 heteroatoms. The molecule has 0 atom stereocenters. The fraction of sp³-hybridized carbons (Fsp3) is 0.385. The molecule has 6 nitrogen and oxygen atoms in total. The van der Waals surface area contributed by atoms with E-state index in [0.29, 0.717) is 42.6 Å². The third-order valence-electron chi connectivity index (χ3n) is 2.57. The van der Waals surface area contributed by atoms with Gasteiger partial charge in [0.1, 0.15) is 13.2 Å². The Morgan fingerprint density at radius 1 is 1.30 bits per heavy atom. The van der Waals surface area contributed by atoms with Gasteiger partial charge in [0.05, 0.1) is 11.3 Å². The van der Waals surface area contributed by atoms with E-state index in [1.807, 2.05) is 0 Å². The van der Waals surface area contributed by atoms with Crippen molar-refractivity contribution in [3.63, 3.8) is 0 Å². The smallest absolute Gasteiger partial charge is 0.313 e. The number of para-hydroxylation sites is 1. The molecule has 0 saturated heterocycles. The van der Waals surface area contributed by atoms with Crippen LogP contribution in [0.5, 0.6) is 11.5 Å². The summed E-state index contributed by atoms with van der Waals surface area (Å²) in [5.74, 6) is 0.517. The molecule has 0 radical (unpaired) electrons. The second-order valence-corrected chi connectivity index (χ2v) is 5.14. The van der Waals surface area contributed by atoms with Gasteiger partial charge in [-0.15, -0.1) is 11.8 Å². The van der Waals surface area contributed by atoms with E-state index in [9.17, 15) is 9.59 Å². The molecule has 1 aromatic carbocycles. The van der Waals surface area contributed by atoms with Crippen molar-refractivity contribution in [2.24, 2.45) is 0 Å². The quantitative estimate of drug-likeness (QED) is 0.762. The van der Waals surface area contributed by atoms with Crippen LogP contribution in [0, 0.1) is 0 Å². The third-order valence-corrected chi connectivity index (χ3v) is 3.51. The van der Waals surface area contributed by atoms with Crippen molar-refractivity contribution in [3.8, 4) is 11.5 Å². The van der Waals surface area contributed by atoms with E-state index >= 15 is 0 Å². The number of carboxylic acids is 1. The molecule has 2 N–H and O–H groups in total. The summed E-state index contributed by atoms with van der Waals surface area (Å²) in [5.41, 5.74) is 0.436. The minimum atomic E-state index is -0.857. The summed E-state index contributed by atoms with van der Waals surface area (Å²) in [6.45, 7) is 1.30. The van der Waals surface area contributed by atoms with Crippen LogP contribution in [0.25, 0.3) is 0 Å². The van der Waals surface area contributed by atoms with Gasteiger partial charge in [0, 0.05) is 12.3 Å². The molecule has 0 saturated carbocycles. The Labute approximate surface area is 120 Å². The SMILES string of the molecule is O=C(O)CSCCNC(=O)c1cccc2c1OCCO2. The van der Waals surface area contributed by atoms with Gasteiger partial charge in [0.2, 0.25) is 0 Å². The number of carbonyl (C=O) groups excluding carboxylic acids is 1. The molecular formula is C13H15NO5S. The zero-order valence-corrected chi connectivity index (χ0v) is 11.6. The van der Waals surface area contributed by atoms with Crippen molar-refractivity contribution in [2.45, 2.75) is 0 Å². The lowest BCUT2D eigenvalue weighted by Crippen LogP contribution is -2.27. The summed E-state index contributed by atoms with van der Waals surface area (Å²) in [5, 5.41) is 11.2. The van der Waals surface area contributed by atoms with Gasteiger partial charge in [-0.05, 0) is 12.1 Å². The highest BCUT2D eigenvalue weighted by atomic mass is 32.2. The lowest BCUT2D eigenvalue weighted by atomic mass is 10.1. The van der Waals surface area contributed by atoms with E-state index in [4.69, 9.17) is 14.6 Å². The van der Waals surface area contributed by atoms with E-state index in [1.165, 1.54) is 11.8 Å². The molecule has 1 amide bonds. The Morgan fingerprint density at radius 3 is 2.90 bits per heavy atom. The number of carboxylic acid groups (broad SMARTS) is 1. The first kappa shape index (κ1) is 14.5. The molecular weight excluding hydrogens is 282 g/mol. The maximum absolute atomic E-state index is 12.0. The van der Waals surface area contributed by atoms with Crippen LogP contribution in [0.1, 0.15) is 10.4 Å². The van der Waals surface area contributed by atoms with E-state index in [0.717, 1.165) is 0 Å². The summed E-state index contributed by atoms with van der Waals surface area (Å²) >= 11 is 1.26. The van der Waals surface area contributed by atoms with Crippen molar-refractivity contribution in [2.75, 3.05) is 31.3 Å². The summed E-state index contributed by atoms with van der Waals surface area (Å²) in [4.78, 5) is 22.4. The van der Waals surface area contributed by atoms with Crippen LogP contribution in [-0.2, 0) is 4.79 Å². The number of benzene rings is 1. The predicted molar refractivity (Wildman–Crippen MR) is 74.7 cm³/mol. The second-order valence-electron chi connectivity index (χ2n) is 4.03. The van der Waals surface area contributed by atoms with Crippen molar-refractivity contribution >= 4 is 23.6 Å². The monoisotopic (exact) mass is 297 g/mol. The van der Waals surface area contributed by atoms with Gasteiger partial charge in [-0.1, -0.05) is 6.07 Å². The maximum Gasteiger partial charge on any atom is 0.313 e. The fourth-order valence-electron chi connectivity index (χ4n) is 1.74. The fourth-order valence-corrected chi connectivity index (χ4v) is 2.31. The van der Waals surface area contributed by atoms with Gasteiger partial charge < -0.3 is 19.9 Å². The molecule has 1 heterocycles. The molecule has 108 valence electrons. The van der Waals surface area contributed by atoms with Crippen LogP contribution in [-0.4, -0.2) is 48.2 Å². The third kappa shape index (κ3) is 3.80. The number of rotatable bonds is 6. The lowest BCUT2D eigenvalue weighted by Gasteiger charge is -2.20. The van der Waals surface area contributed by atoms with E-state index in [-0.39, 0.29) is 11.7 Å². The number of hydrogen-bond donors (Lipinski definition) is 2. The zero-order valence-electron chi connectivity index (χ0n) is 10.8. The standard InChI is InChI=1S/C13H15NO5S/c15-11(16)8-20-7-4-14-13(17)9-2-1-3-10-12(9)19-6-5-18-10/h1-3H,4-8H2,(H,14,17)(H,15,16).